The molecular formula is C20H28ClN3O3. The summed E-state index contributed by atoms with van der Waals surface area (Å²) in [5.41, 5.74) is 8.53. The fraction of sp³-hybridized carbons (Fsp3) is 0.600. The molecule has 1 aromatic rings. The van der Waals surface area contributed by atoms with Crippen molar-refractivity contribution in [2.24, 2.45) is 17.6 Å². The summed E-state index contributed by atoms with van der Waals surface area (Å²) in [7, 11) is 1.62. The van der Waals surface area contributed by atoms with E-state index in [4.69, 9.17) is 10.5 Å². The normalized spacial score (nSPS) is 24.2. The zero-order valence-electron chi connectivity index (χ0n) is 15.7. The molecule has 148 valence electrons. The molecule has 0 aromatic heterocycles. The van der Waals surface area contributed by atoms with E-state index < -0.39 is 0 Å². The maximum Gasteiger partial charge on any atom is 0.255 e. The molecule has 4 rings (SSSR count). The summed E-state index contributed by atoms with van der Waals surface area (Å²) >= 11 is 0. The number of rotatable bonds is 6. The van der Waals surface area contributed by atoms with Gasteiger partial charge in [0.05, 0.1) is 19.2 Å². The third-order valence-corrected chi connectivity index (χ3v) is 6.02. The molecule has 6 nitrogen and oxygen atoms in total. The number of carbonyl (C=O) groups is 2. The van der Waals surface area contributed by atoms with E-state index in [0.717, 1.165) is 25.8 Å². The van der Waals surface area contributed by atoms with E-state index in [2.05, 4.69) is 10.2 Å². The molecule has 27 heavy (non-hydrogen) atoms. The number of likely N-dealkylation sites (tertiary alicyclic amines) is 1. The van der Waals surface area contributed by atoms with Crippen LogP contribution in [-0.4, -0.2) is 49.5 Å². The summed E-state index contributed by atoms with van der Waals surface area (Å²) in [4.78, 5) is 26.3. The lowest BCUT2D eigenvalue weighted by atomic mass is 9.97. The Labute approximate surface area is 166 Å². The molecule has 3 N–H and O–H groups in total. The lowest BCUT2D eigenvalue weighted by Crippen LogP contribution is -2.41. The first-order valence-corrected chi connectivity index (χ1v) is 9.56. The molecule has 0 spiro atoms. The number of amides is 2. The maximum absolute atomic E-state index is 13.0. The zero-order valence-corrected chi connectivity index (χ0v) is 16.5. The topological polar surface area (TPSA) is 84.7 Å². The summed E-state index contributed by atoms with van der Waals surface area (Å²) in [6.45, 7) is 1.78. The molecule has 0 unspecified atom stereocenters. The number of primary amides is 1. The Morgan fingerprint density at radius 1 is 1.22 bits per heavy atom. The van der Waals surface area contributed by atoms with Crippen molar-refractivity contribution in [1.82, 2.24) is 10.2 Å². The van der Waals surface area contributed by atoms with Crippen molar-refractivity contribution in [3.05, 3.63) is 28.8 Å². The maximum atomic E-state index is 13.0. The number of ether oxygens (including phenoxy) is 1. The van der Waals surface area contributed by atoms with Gasteiger partial charge < -0.3 is 15.8 Å². The highest BCUT2D eigenvalue weighted by molar-refractivity contribution is 5.97. The Hall–Kier alpha value is -1.79. The van der Waals surface area contributed by atoms with Crippen LogP contribution < -0.4 is 15.8 Å². The number of fused-ring (bicyclic) bond motifs is 1. The number of halogens is 1. The Bertz CT molecular complexity index is 735. The van der Waals surface area contributed by atoms with Crippen molar-refractivity contribution < 1.29 is 14.3 Å². The van der Waals surface area contributed by atoms with Crippen LogP contribution in [0.4, 0.5) is 0 Å². The van der Waals surface area contributed by atoms with E-state index in [1.807, 2.05) is 12.1 Å². The van der Waals surface area contributed by atoms with Gasteiger partial charge in [-0.15, -0.1) is 12.4 Å². The van der Waals surface area contributed by atoms with Crippen molar-refractivity contribution in [3.8, 4) is 5.75 Å². The highest BCUT2D eigenvalue weighted by Gasteiger charge is 2.43. The van der Waals surface area contributed by atoms with Gasteiger partial charge in [0.25, 0.3) is 5.91 Å². The van der Waals surface area contributed by atoms with Gasteiger partial charge in [0.15, 0.2) is 0 Å². The molecule has 3 aliphatic rings. The number of aryl methyl sites for hydroxylation is 2. The number of methoxy groups -OCH3 is 1. The second-order valence-electron chi connectivity index (χ2n) is 7.92. The van der Waals surface area contributed by atoms with Crippen LogP contribution in [0.15, 0.2) is 12.1 Å². The molecule has 7 heteroatoms. The Morgan fingerprint density at radius 2 is 1.93 bits per heavy atom. The predicted octanol–water partition coefficient (Wildman–Crippen LogP) is 1.53. The van der Waals surface area contributed by atoms with Crippen LogP contribution in [0, 0.1) is 11.8 Å². The van der Waals surface area contributed by atoms with Gasteiger partial charge in [-0.25, -0.2) is 0 Å². The van der Waals surface area contributed by atoms with E-state index >= 15 is 0 Å². The van der Waals surface area contributed by atoms with Crippen LogP contribution in [-0.2, 0) is 17.6 Å². The van der Waals surface area contributed by atoms with Gasteiger partial charge >= 0.3 is 0 Å². The molecule has 2 aliphatic carbocycles. The lowest BCUT2D eigenvalue weighted by Gasteiger charge is -2.20. The molecule has 2 amide bonds. The standard InChI is InChI=1S/C20H27N3O3.ClH/c1-26-18-8-14-4-2-3-13(14)7-15(18)20(25)22-17-10-23(11-19(21)24)9-16(17)12-5-6-12;/h7-8,12,16-17H,2-6,9-11H2,1H3,(H2,21,24)(H,22,25);1H/t16-,17+;/m1./s1. The second kappa shape index (κ2) is 8.07. The second-order valence-corrected chi connectivity index (χ2v) is 7.92. The molecule has 0 bridgehead atoms. The SMILES string of the molecule is COc1cc2c(cc1C(=O)N[C@H]1CN(CC(N)=O)C[C@@H]1C1CC1)CCC2.Cl. The summed E-state index contributed by atoms with van der Waals surface area (Å²) in [6.07, 6.45) is 5.65. The Morgan fingerprint density at radius 3 is 2.56 bits per heavy atom. The molecule has 2 fully saturated rings. The molecule has 1 aromatic carbocycles. The first-order chi connectivity index (χ1) is 12.5. The van der Waals surface area contributed by atoms with Gasteiger partial charge in [0, 0.05) is 19.1 Å². The van der Waals surface area contributed by atoms with E-state index in [1.165, 1.54) is 24.0 Å². The number of hydrogen-bond donors (Lipinski definition) is 2. The van der Waals surface area contributed by atoms with Crippen LogP contribution >= 0.6 is 12.4 Å². The van der Waals surface area contributed by atoms with Crippen LogP contribution in [0.5, 0.6) is 5.75 Å². The fourth-order valence-electron chi connectivity index (χ4n) is 4.61. The van der Waals surface area contributed by atoms with E-state index in [-0.39, 0.29) is 36.8 Å². The van der Waals surface area contributed by atoms with Gasteiger partial charge in [-0.05, 0) is 67.2 Å². The minimum absolute atomic E-state index is 0. The van der Waals surface area contributed by atoms with E-state index in [9.17, 15) is 9.59 Å². The number of nitrogens with one attached hydrogen (secondary N) is 1. The summed E-state index contributed by atoms with van der Waals surface area (Å²) in [5, 5.41) is 3.22. The Kier molecular flexibility index (Phi) is 5.96. The third kappa shape index (κ3) is 4.22. The van der Waals surface area contributed by atoms with Gasteiger partial charge in [-0.2, -0.15) is 0 Å². The number of benzene rings is 1. The third-order valence-electron chi connectivity index (χ3n) is 6.02. The van der Waals surface area contributed by atoms with Crippen molar-refractivity contribution in [2.45, 2.75) is 38.1 Å². The number of hydrogen-bond acceptors (Lipinski definition) is 4. The Balaban J connectivity index is 0.00000210. The first-order valence-electron chi connectivity index (χ1n) is 9.56. The largest absolute Gasteiger partial charge is 0.496 e. The minimum Gasteiger partial charge on any atom is -0.496 e. The number of nitrogens with zero attached hydrogens (tertiary/aromatic N) is 1. The molecular weight excluding hydrogens is 366 g/mol. The van der Waals surface area contributed by atoms with Crippen molar-refractivity contribution in [3.63, 3.8) is 0 Å². The highest BCUT2D eigenvalue weighted by atomic mass is 35.5. The van der Waals surface area contributed by atoms with E-state index in [0.29, 0.717) is 29.7 Å². The summed E-state index contributed by atoms with van der Waals surface area (Å²) in [5.74, 6) is 1.32. The molecule has 2 atom stereocenters. The highest BCUT2D eigenvalue weighted by Crippen LogP contribution is 2.41. The van der Waals surface area contributed by atoms with Crippen molar-refractivity contribution in [2.75, 3.05) is 26.7 Å². The molecule has 1 aliphatic heterocycles. The van der Waals surface area contributed by atoms with Crippen LogP contribution in [0.3, 0.4) is 0 Å². The van der Waals surface area contributed by atoms with Gasteiger partial charge in [0.2, 0.25) is 5.91 Å². The predicted molar refractivity (Wildman–Crippen MR) is 105 cm³/mol. The first kappa shape index (κ1) is 20.0. The fourth-order valence-corrected chi connectivity index (χ4v) is 4.61. The molecule has 1 saturated carbocycles. The molecule has 1 saturated heterocycles. The van der Waals surface area contributed by atoms with Gasteiger partial charge in [-0.1, -0.05) is 0 Å². The quantitative estimate of drug-likeness (QED) is 0.767. The van der Waals surface area contributed by atoms with Crippen molar-refractivity contribution >= 4 is 24.2 Å². The summed E-state index contributed by atoms with van der Waals surface area (Å²) < 4.78 is 5.48. The lowest BCUT2D eigenvalue weighted by molar-refractivity contribution is -0.118. The van der Waals surface area contributed by atoms with Crippen LogP contribution in [0.2, 0.25) is 0 Å². The van der Waals surface area contributed by atoms with Crippen LogP contribution in [0.25, 0.3) is 0 Å². The van der Waals surface area contributed by atoms with Gasteiger partial charge in [-0.3, -0.25) is 14.5 Å². The monoisotopic (exact) mass is 393 g/mol. The molecule has 0 radical (unpaired) electrons. The smallest absolute Gasteiger partial charge is 0.255 e. The summed E-state index contributed by atoms with van der Waals surface area (Å²) in [6, 6.07) is 4.08. The average Bonchev–Trinajstić information content (AvgIpc) is 3.22. The van der Waals surface area contributed by atoms with Crippen molar-refractivity contribution in [1.29, 1.82) is 0 Å². The van der Waals surface area contributed by atoms with E-state index in [1.54, 1.807) is 7.11 Å². The molecule has 1 heterocycles. The van der Waals surface area contributed by atoms with Gasteiger partial charge in [0.1, 0.15) is 5.75 Å². The minimum atomic E-state index is -0.313. The van der Waals surface area contributed by atoms with Crippen LogP contribution in [0.1, 0.15) is 40.7 Å². The average molecular weight is 394 g/mol. The number of carbonyl (C=O) groups excluding carboxylic acids is 2. The number of nitrogens with two attached hydrogens (primary N) is 1. The zero-order chi connectivity index (χ0) is 18.3.